The van der Waals surface area contributed by atoms with Crippen LogP contribution in [0.5, 0.6) is 0 Å². The summed E-state index contributed by atoms with van der Waals surface area (Å²) in [6, 6.07) is 4.61. The van der Waals surface area contributed by atoms with Crippen LogP contribution in [-0.2, 0) is 6.61 Å². The second kappa shape index (κ2) is 6.16. The minimum absolute atomic E-state index is 0.0944. The Bertz CT molecular complexity index is 993. The molecule has 27 heavy (non-hydrogen) atoms. The van der Waals surface area contributed by atoms with E-state index < -0.39 is 0 Å². The Morgan fingerprint density at radius 1 is 1.22 bits per heavy atom. The number of anilines is 3. The molecule has 0 aromatic carbocycles. The van der Waals surface area contributed by atoms with Crippen molar-refractivity contribution in [3.63, 3.8) is 0 Å². The normalized spacial score (nSPS) is 21.1. The molecule has 0 spiro atoms. The summed E-state index contributed by atoms with van der Waals surface area (Å²) in [5.41, 5.74) is 1.72. The molecule has 2 aliphatic heterocycles. The van der Waals surface area contributed by atoms with Gasteiger partial charge < -0.3 is 19.9 Å². The number of aliphatic hydroxyl groups excluding tert-OH is 1. The molecule has 3 fully saturated rings. The standard InChI is InChI=1S/C19H23N7O/c1-11(2)26-15-7-17(21-8-14(15)22-18(26)10-27)23-16-3-4-20-19(24-16)25-9-12-5-13(25)6-12/h3-4,7-8,11-13,27H,5-6,9-10H2,1-2H3,(H,20,21,23,24). The number of hydrogen-bond donors (Lipinski definition) is 2. The van der Waals surface area contributed by atoms with E-state index in [1.165, 1.54) is 12.8 Å². The number of imidazole rings is 1. The number of nitrogens with zero attached hydrogens (tertiary/aromatic N) is 6. The van der Waals surface area contributed by atoms with Crippen LogP contribution in [0.2, 0.25) is 0 Å². The Morgan fingerprint density at radius 2 is 2.07 bits per heavy atom. The minimum atomic E-state index is -0.0944. The predicted octanol–water partition coefficient (Wildman–Crippen LogP) is 2.64. The fourth-order valence-corrected chi connectivity index (χ4v) is 4.27. The lowest BCUT2D eigenvalue weighted by atomic mass is 9.86. The summed E-state index contributed by atoms with van der Waals surface area (Å²) < 4.78 is 2.03. The summed E-state index contributed by atoms with van der Waals surface area (Å²) in [6.07, 6.45) is 6.06. The molecule has 0 atom stereocenters. The second-order valence-corrected chi connectivity index (χ2v) is 7.72. The van der Waals surface area contributed by atoms with Gasteiger partial charge in [-0.15, -0.1) is 0 Å². The van der Waals surface area contributed by atoms with Crippen molar-refractivity contribution in [2.45, 2.75) is 45.4 Å². The van der Waals surface area contributed by atoms with Crippen LogP contribution in [0, 0.1) is 5.92 Å². The number of nitrogens with one attached hydrogen (secondary N) is 1. The van der Waals surface area contributed by atoms with E-state index in [2.05, 4.69) is 44.0 Å². The molecule has 3 aliphatic rings. The first-order chi connectivity index (χ1) is 13.1. The van der Waals surface area contributed by atoms with E-state index in [4.69, 9.17) is 0 Å². The zero-order valence-electron chi connectivity index (χ0n) is 15.5. The van der Waals surface area contributed by atoms with Crippen LogP contribution in [0.3, 0.4) is 0 Å². The van der Waals surface area contributed by atoms with Crippen molar-refractivity contribution in [3.8, 4) is 0 Å². The number of fused-ring (bicyclic) bond motifs is 2. The first-order valence-corrected chi connectivity index (χ1v) is 9.47. The van der Waals surface area contributed by atoms with Gasteiger partial charge in [-0.3, -0.25) is 0 Å². The molecule has 0 amide bonds. The fourth-order valence-electron chi connectivity index (χ4n) is 4.27. The first-order valence-electron chi connectivity index (χ1n) is 9.47. The summed E-state index contributed by atoms with van der Waals surface area (Å²) >= 11 is 0. The number of aliphatic hydroxyl groups is 1. The van der Waals surface area contributed by atoms with Gasteiger partial charge >= 0.3 is 0 Å². The van der Waals surface area contributed by atoms with Gasteiger partial charge in [-0.25, -0.2) is 15.0 Å². The Balaban J connectivity index is 1.45. The van der Waals surface area contributed by atoms with Gasteiger partial charge in [-0.1, -0.05) is 0 Å². The summed E-state index contributed by atoms with van der Waals surface area (Å²) in [7, 11) is 0. The maximum atomic E-state index is 9.59. The van der Waals surface area contributed by atoms with Crippen LogP contribution in [0.15, 0.2) is 24.5 Å². The van der Waals surface area contributed by atoms with Gasteiger partial charge in [0.2, 0.25) is 5.95 Å². The summed E-state index contributed by atoms with van der Waals surface area (Å²) in [4.78, 5) is 20.4. The quantitative estimate of drug-likeness (QED) is 0.718. The average molecular weight is 365 g/mol. The van der Waals surface area contributed by atoms with E-state index >= 15 is 0 Å². The molecule has 0 radical (unpaired) electrons. The molecule has 140 valence electrons. The molecule has 1 aliphatic carbocycles. The highest BCUT2D eigenvalue weighted by Gasteiger charge is 2.43. The molecule has 3 aromatic rings. The Morgan fingerprint density at radius 3 is 2.78 bits per heavy atom. The first kappa shape index (κ1) is 16.4. The Hall–Kier alpha value is -2.74. The van der Waals surface area contributed by atoms with E-state index in [1.807, 2.05) is 16.7 Å². The zero-order chi connectivity index (χ0) is 18.5. The molecular formula is C19H23N7O. The van der Waals surface area contributed by atoms with Gasteiger partial charge in [0.15, 0.2) is 0 Å². The minimum Gasteiger partial charge on any atom is -0.388 e. The molecule has 2 N–H and O–H groups in total. The molecule has 2 bridgehead atoms. The lowest BCUT2D eigenvalue weighted by Crippen LogP contribution is -2.29. The topological polar surface area (TPSA) is 92.0 Å². The van der Waals surface area contributed by atoms with Crippen molar-refractivity contribution in [2.75, 3.05) is 16.8 Å². The number of hydrogen-bond acceptors (Lipinski definition) is 7. The summed E-state index contributed by atoms with van der Waals surface area (Å²) in [5, 5.41) is 12.9. The molecule has 1 saturated carbocycles. The van der Waals surface area contributed by atoms with Crippen molar-refractivity contribution in [2.24, 2.45) is 5.92 Å². The van der Waals surface area contributed by atoms with Gasteiger partial charge in [0.05, 0.1) is 11.7 Å². The Labute approximate surface area is 157 Å². The van der Waals surface area contributed by atoms with Crippen LogP contribution in [0.4, 0.5) is 17.6 Å². The van der Waals surface area contributed by atoms with E-state index in [9.17, 15) is 5.11 Å². The van der Waals surface area contributed by atoms with Crippen LogP contribution in [0.25, 0.3) is 11.0 Å². The highest BCUT2D eigenvalue weighted by Crippen LogP contribution is 2.42. The van der Waals surface area contributed by atoms with Crippen molar-refractivity contribution in [3.05, 3.63) is 30.4 Å². The van der Waals surface area contributed by atoms with Crippen LogP contribution in [0.1, 0.15) is 38.6 Å². The smallest absolute Gasteiger partial charge is 0.227 e. The van der Waals surface area contributed by atoms with Gasteiger partial charge in [-0.05, 0) is 38.7 Å². The monoisotopic (exact) mass is 365 g/mol. The SMILES string of the molecule is CC(C)n1c(CO)nc2cnc(Nc3ccnc(N4CC5CC4C5)n3)cc21. The molecule has 5 heterocycles. The average Bonchev–Trinajstić information content (AvgIpc) is 3.33. The third kappa shape index (κ3) is 2.71. The molecular weight excluding hydrogens is 342 g/mol. The third-order valence-corrected chi connectivity index (χ3v) is 5.57. The molecule has 8 nitrogen and oxygen atoms in total. The van der Waals surface area contributed by atoms with Crippen LogP contribution >= 0.6 is 0 Å². The van der Waals surface area contributed by atoms with Crippen molar-refractivity contribution < 1.29 is 5.11 Å². The van der Waals surface area contributed by atoms with Crippen molar-refractivity contribution in [1.29, 1.82) is 0 Å². The second-order valence-electron chi connectivity index (χ2n) is 7.72. The van der Waals surface area contributed by atoms with E-state index in [0.29, 0.717) is 17.7 Å². The fraction of sp³-hybridized carbons (Fsp3) is 0.474. The van der Waals surface area contributed by atoms with E-state index in [1.54, 1.807) is 12.4 Å². The van der Waals surface area contributed by atoms with Gasteiger partial charge in [-0.2, -0.15) is 4.98 Å². The van der Waals surface area contributed by atoms with Crippen LogP contribution in [-0.4, -0.2) is 42.2 Å². The van der Waals surface area contributed by atoms with E-state index in [-0.39, 0.29) is 12.6 Å². The molecule has 6 rings (SSSR count). The zero-order valence-corrected chi connectivity index (χ0v) is 15.5. The summed E-state index contributed by atoms with van der Waals surface area (Å²) in [5.74, 6) is 3.69. The molecule has 3 aromatic heterocycles. The predicted molar refractivity (Wildman–Crippen MR) is 103 cm³/mol. The van der Waals surface area contributed by atoms with E-state index in [0.717, 1.165) is 35.3 Å². The molecule has 0 unspecified atom stereocenters. The summed E-state index contributed by atoms with van der Waals surface area (Å²) in [6.45, 7) is 5.12. The van der Waals surface area contributed by atoms with Crippen LogP contribution < -0.4 is 10.2 Å². The van der Waals surface area contributed by atoms with Gasteiger partial charge in [0.1, 0.15) is 29.6 Å². The lowest BCUT2D eigenvalue weighted by molar-refractivity contribution is 0.263. The number of aromatic nitrogens is 5. The van der Waals surface area contributed by atoms with Crippen molar-refractivity contribution >= 4 is 28.6 Å². The van der Waals surface area contributed by atoms with Gasteiger partial charge in [0.25, 0.3) is 0 Å². The highest BCUT2D eigenvalue weighted by molar-refractivity contribution is 5.79. The van der Waals surface area contributed by atoms with Gasteiger partial charge in [0, 0.05) is 30.9 Å². The third-order valence-electron chi connectivity index (χ3n) is 5.57. The number of rotatable bonds is 5. The maximum absolute atomic E-state index is 9.59. The molecule has 2 saturated heterocycles. The van der Waals surface area contributed by atoms with Crippen molar-refractivity contribution in [1.82, 2.24) is 24.5 Å². The highest BCUT2D eigenvalue weighted by atomic mass is 16.3. The number of pyridine rings is 1. The Kier molecular flexibility index (Phi) is 3.75. The maximum Gasteiger partial charge on any atom is 0.227 e. The molecule has 8 heteroatoms. The largest absolute Gasteiger partial charge is 0.388 e. The lowest BCUT2D eigenvalue weighted by Gasteiger charge is -2.25.